The number of carbonyl (C=O) groups is 4. The summed E-state index contributed by atoms with van der Waals surface area (Å²) in [6.45, 7) is 10.1. The first-order chi connectivity index (χ1) is 25.6. The van der Waals surface area contributed by atoms with Crippen LogP contribution >= 0.6 is 0 Å². The lowest BCUT2D eigenvalue weighted by molar-refractivity contribution is -0.202. The van der Waals surface area contributed by atoms with Gasteiger partial charge in [0.25, 0.3) is 0 Å². The summed E-state index contributed by atoms with van der Waals surface area (Å²) in [4.78, 5) is 48.6. The van der Waals surface area contributed by atoms with Crippen molar-refractivity contribution in [3.05, 3.63) is 47.6 Å². The lowest BCUT2D eigenvalue weighted by Crippen LogP contribution is -2.68. The van der Waals surface area contributed by atoms with Gasteiger partial charge in [-0.15, -0.1) is 0 Å². The molecule has 0 heterocycles. The fourth-order valence-electron chi connectivity index (χ4n) is 14.7. The zero-order valence-corrected chi connectivity index (χ0v) is 32.7. The molecule has 0 saturated heterocycles. The molecule has 11 heteroatoms. The van der Waals surface area contributed by atoms with E-state index in [-0.39, 0.29) is 83.5 Å². The monoisotopic (exact) mass is 770 g/mol. The van der Waals surface area contributed by atoms with Gasteiger partial charge in [-0.3, -0.25) is 19.2 Å². The quantitative estimate of drug-likeness (QED) is 0.293. The van der Waals surface area contributed by atoms with E-state index in [9.17, 15) is 39.6 Å². The lowest BCUT2D eigenvalue weighted by atomic mass is 9.45. The largest absolute Gasteiger partial charge is 0.390 e. The number of rotatable bonds is 4. The Balaban J connectivity index is 0.000000169. The fraction of sp³-hybridized carbons (Fsp3) is 0.727. The van der Waals surface area contributed by atoms with E-state index in [1.807, 2.05) is 27.7 Å². The number of hydrogen-bond acceptors (Lipinski definition) is 8. The molecular weight excluding hydrogens is 713 g/mol. The highest BCUT2D eigenvalue weighted by molar-refractivity contribution is 6.02. The zero-order chi connectivity index (χ0) is 40.4. The number of aliphatic hydroxyl groups excluding tert-OH is 4. The van der Waals surface area contributed by atoms with Crippen molar-refractivity contribution >= 4 is 23.1 Å². The minimum absolute atomic E-state index is 0.0224. The fourth-order valence-corrected chi connectivity index (χ4v) is 14.7. The van der Waals surface area contributed by atoms with Gasteiger partial charge in [0, 0.05) is 34.5 Å². The van der Waals surface area contributed by atoms with Gasteiger partial charge < -0.3 is 20.4 Å². The number of alkyl halides is 3. The minimum atomic E-state index is -2.11. The topological polar surface area (TPSA) is 149 Å². The molecule has 0 aromatic heterocycles. The van der Waals surface area contributed by atoms with E-state index >= 15 is 13.2 Å². The van der Waals surface area contributed by atoms with Gasteiger partial charge in [-0.2, -0.15) is 0 Å². The van der Waals surface area contributed by atoms with Crippen LogP contribution in [0.15, 0.2) is 47.6 Å². The van der Waals surface area contributed by atoms with Crippen LogP contribution in [0.2, 0.25) is 0 Å². The highest BCUT2D eigenvalue weighted by Gasteiger charge is 2.74. The summed E-state index contributed by atoms with van der Waals surface area (Å²) in [5, 5.41) is 41.1. The highest BCUT2D eigenvalue weighted by atomic mass is 19.2. The normalized spacial score (nSPS) is 51.9. The van der Waals surface area contributed by atoms with Crippen molar-refractivity contribution in [2.45, 2.75) is 116 Å². The van der Waals surface area contributed by atoms with Crippen LogP contribution in [0.4, 0.5) is 13.2 Å². The van der Waals surface area contributed by atoms with Crippen molar-refractivity contribution in [2.75, 3.05) is 13.2 Å². The van der Waals surface area contributed by atoms with Gasteiger partial charge in [0.05, 0.1) is 12.2 Å². The molecule has 4 N–H and O–H groups in total. The van der Waals surface area contributed by atoms with E-state index in [0.29, 0.717) is 19.3 Å². The average Bonchev–Trinajstić information content (AvgIpc) is 3.54. The Morgan fingerprint density at radius 3 is 1.67 bits per heavy atom. The number of hydrogen-bond donors (Lipinski definition) is 4. The van der Waals surface area contributed by atoms with Crippen molar-refractivity contribution in [3.8, 4) is 0 Å². The number of halogens is 3. The second-order valence-electron chi connectivity index (χ2n) is 19.4. The Morgan fingerprint density at radius 2 is 1.16 bits per heavy atom. The smallest absolute Gasteiger partial charge is 0.178 e. The number of ketones is 4. The maximum absolute atomic E-state index is 16.8. The van der Waals surface area contributed by atoms with Crippen LogP contribution in [-0.4, -0.2) is 86.5 Å². The molecule has 6 saturated carbocycles. The number of allylic oxidation sites excluding steroid dienone is 8. The van der Waals surface area contributed by atoms with Gasteiger partial charge in [0.15, 0.2) is 34.5 Å². The summed E-state index contributed by atoms with van der Waals surface area (Å²) in [5.41, 5.74) is -6.68. The van der Waals surface area contributed by atoms with Crippen LogP contribution < -0.4 is 0 Å². The molecule has 8 nitrogen and oxygen atoms in total. The Bertz CT molecular complexity index is 1810. The van der Waals surface area contributed by atoms with Gasteiger partial charge >= 0.3 is 0 Å². The SMILES string of the molecule is C[C@@H]1C[C@H]2[C@@H]3CCC4=CC(=O)C=C[C@]4(C)[C@@]3(F)C(O)C[C@]2(C)[C@H]1C(=O)CO.C[C@@H]1C[C@H]2[C@@H]3C[C@H](F)C4=CC(=O)C=C[C@]4(C)[C@@]3(F)[C@@H](O)C[C@]2(C)[C@H]1C(=O)CO. The molecule has 0 aliphatic heterocycles. The molecule has 8 rings (SSSR count). The predicted octanol–water partition coefficient (Wildman–Crippen LogP) is 5.51. The van der Waals surface area contributed by atoms with Crippen LogP contribution in [0.1, 0.15) is 86.5 Å². The van der Waals surface area contributed by atoms with Crippen molar-refractivity contribution in [1.82, 2.24) is 0 Å². The maximum atomic E-state index is 16.8. The highest BCUT2D eigenvalue weighted by Crippen LogP contribution is 2.71. The van der Waals surface area contributed by atoms with E-state index < -0.39 is 76.4 Å². The molecule has 0 spiro atoms. The number of carbonyl (C=O) groups excluding carboxylic acids is 4. The van der Waals surface area contributed by atoms with Gasteiger partial charge in [-0.05, 0) is 123 Å². The van der Waals surface area contributed by atoms with E-state index in [0.717, 1.165) is 12.0 Å². The zero-order valence-electron chi connectivity index (χ0n) is 32.7. The first-order valence-electron chi connectivity index (χ1n) is 20.1. The van der Waals surface area contributed by atoms with Crippen LogP contribution in [-0.2, 0) is 19.2 Å². The van der Waals surface area contributed by atoms with Crippen LogP contribution in [0.3, 0.4) is 0 Å². The summed E-state index contributed by atoms with van der Waals surface area (Å²) < 4.78 is 48.8. The third-order valence-corrected chi connectivity index (χ3v) is 17.0. The van der Waals surface area contributed by atoms with E-state index in [2.05, 4.69) is 0 Å². The molecule has 0 amide bonds. The van der Waals surface area contributed by atoms with Crippen molar-refractivity contribution < 1.29 is 52.8 Å². The average molecular weight is 771 g/mol. The lowest BCUT2D eigenvalue weighted by Gasteiger charge is -2.62. The summed E-state index contributed by atoms with van der Waals surface area (Å²) >= 11 is 0. The van der Waals surface area contributed by atoms with Crippen LogP contribution in [0, 0.1) is 69.0 Å². The number of fused-ring (bicyclic) bond motifs is 10. The standard InChI is InChI=1S/C22H28F2O4.C22H29FO4/c1-11-6-13-14-8-16(23)15-7-12(26)4-5-21(15,3)22(14,24)18(28)9-20(13,2)19(11)17(27)10-25;1-12-8-16-15-5-4-13-9-14(25)6-7-21(13,3)22(15,23)18(27)10-20(16,2)19(12)17(26)11-24/h4-5,7,11,13-14,16,18-19,25,28H,6,8-10H2,1-3H3;6-7,9,12,15-16,18-19,24,27H,4-5,8,10-11H2,1-3H3/t11-,13+,14+,16+,18+,19-,20+,21+,22+;12-,15+,16+,18?,19-,20+,21+,22+/m11/s1. The molecule has 302 valence electrons. The third-order valence-electron chi connectivity index (χ3n) is 17.0. The van der Waals surface area contributed by atoms with Crippen molar-refractivity contribution in [1.29, 1.82) is 0 Å². The molecule has 0 aromatic carbocycles. The van der Waals surface area contributed by atoms with Gasteiger partial charge in [0.1, 0.15) is 19.4 Å². The molecule has 1 unspecified atom stereocenters. The van der Waals surface area contributed by atoms with Crippen molar-refractivity contribution in [3.63, 3.8) is 0 Å². The predicted molar refractivity (Wildman–Crippen MR) is 197 cm³/mol. The van der Waals surface area contributed by atoms with Gasteiger partial charge in [-0.1, -0.05) is 45.4 Å². The van der Waals surface area contributed by atoms with Crippen molar-refractivity contribution in [2.24, 2.45) is 69.0 Å². The minimum Gasteiger partial charge on any atom is -0.390 e. The van der Waals surface area contributed by atoms with Gasteiger partial charge in [0.2, 0.25) is 0 Å². The summed E-state index contributed by atoms with van der Waals surface area (Å²) in [6.07, 6.45) is 7.06. The first kappa shape index (κ1) is 40.5. The summed E-state index contributed by atoms with van der Waals surface area (Å²) in [7, 11) is 0. The summed E-state index contributed by atoms with van der Waals surface area (Å²) in [6, 6.07) is 0. The number of aliphatic hydroxyl groups is 4. The molecule has 0 bridgehead atoms. The molecule has 8 aliphatic rings. The Labute approximate surface area is 321 Å². The second-order valence-corrected chi connectivity index (χ2v) is 19.4. The molecule has 8 aliphatic carbocycles. The van der Waals surface area contributed by atoms with E-state index in [4.69, 9.17) is 0 Å². The Hall–Kier alpha value is -2.73. The molecule has 6 fully saturated rings. The third kappa shape index (κ3) is 5.23. The molecule has 0 radical (unpaired) electrons. The van der Waals surface area contributed by atoms with E-state index in [1.54, 1.807) is 19.9 Å². The Morgan fingerprint density at radius 1 is 0.709 bits per heavy atom. The van der Waals surface area contributed by atoms with E-state index in [1.165, 1.54) is 30.4 Å². The maximum Gasteiger partial charge on any atom is 0.178 e. The van der Waals surface area contributed by atoms with Crippen LogP contribution in [0.5, 0.6) is 0 Å². The molecule has 0 aromatic rings. The summed E-state index contributed by atoms with van der Waals surface area (Å²) in [5.74, 6) is -3.26. The second kappa shape index (κ2) is 13.1. The molecule has 55 heavy (non-hydrogen) atoms. The number of Topliss-reactive ketones (excluding diaryl/α,β-unsaturated/α-hetero) is 2. The first-order valence-corrected chi connectivity index (χ1v) is 20.1. The molecule has 17 atom stereocenters. The Kier molecular flexibility index (Phi) is 9.67. The van der Waals surface area contributed by atoms with Gasteiger partial charge in [-0.25, -0.2) is 13.2 Å². The van der Waals surface area contributed by atoms with Crippen LogP contribution in [0.25, 0.3) is 0 Å². The molecular formula is C44H57F3O8.